The second-order valence-electron chi connectivity index (χ2n) is 5.01. The fourth-order valence-electron chi connectivity index (χ4n) is 1.91. The summed E-state index contributed by atoms with van der Waals surface area (Å²) in [5.74, 6) is -1.64. The third-order valence-electron chi connectivity index (χ3n) is 3.41. The lowest BCUT2D eigenvalue weighted by molar-refractivity contribution is -0.132. The number of rotatable bonds is 4. The van der Waals surface area contributed by atoms with Gasteiger partial charge < -0.3 is 11.1 Å². The Morgan fingerprint density at radius 3 is 2.50 bits per heavy atom. The smallest absolute Gasteiger partial charge is 0.247 e. The zero-order valence-electron chi connectivity index (χ0n) is 10.6. The van der Waals surface area contributed by atoms with E-state index in [2.05, 4.69) is 5.32 Å². The summed E-state index contributed by atoms with van der Waals surface area (Å²) in [5.41, 5.74) is 4.56. The van der Waals surface area contributed by atoms with Gasteiger partial charge in [0.05, 0.1) is 5.92 Å². The number of primary amides is 1. The largest absolute Gasteiger partial charge is 0.367 e. The lowest BCUT2D eigenvalue weighted by Crippen LogP contribution is -2.53. The number of amides is 2. The van der Waals surface area contributed by atoms with Gasteiger partial charge in [-0.05, 0) is 31.0 Å². The molecule has 20 heavy (non-hydrogen) atoms. The van der Waals surface area contributed by atoms with Gasteiger partial charge in [-0.15, -0.1) is 23.2 Å². The fraction of sp³-hybridized carbons (Fsp3) is 0.385. The first-order chi connectivity index (χ1) is 9.17. The molecular weight excluding hydrogens is 323 g/mol. The molecule has 2 rings (SSSR count). The first-order valence-electron chi connectivity index (χ1n) is 5.92. The number of benzene rings is 1. The van der Waals surface area contributed by atoms with Crippen molar-refractivity contribution in [3.05, 3.63) is 34.9 Å². The van der Waals surface area contributed by atoms with Crippen LogP contribution in [0.1, 0.15) is 18.9 Å². The van der Waals surface area contributed by atoms with Crippen molar-refractivity contribution in [2.45, 2.75) is 23.2 Å². The molecule has 1 aliphatic carbocycles. The molecule has 0 unspecified atom stereocenters. The predicted octanol–water partition coefficient (Wildman–Crippen LogP) is 2.35. The van der Waals surface area contributed by atoms with Crippen LogP contribution in [0.4, 0.5) is 0 Å². The third kappa shape index (κ3) is 2.87. The maximum atomic E-state index is 12.1. The van der Waals surface area contributed by atoms with Gasteiger partial charge in [-0.3, -0.25) is 9.59 Å². The van der Waals surface area contributed by atoms with Crippen LogP contribution in [0.5, 0.6) is 0 Å². The van der Waals surface area contributed by atoms with Crippen LogP contribution >= 0.6 is 34.8 Å². The summed E-state index contributed by atoms with van der Waals surface area (Å²) in [5, 5.41) is 3.06. The molecule has 7 heteroatoms. The van der Waals surface area contributed by atoms with E-state index in [0.717, 1.165) is 0 Å². The van der Waals surface area contributed by atoms with E-state index in [1.807, 2.05) is 0 Å². The summed E-state index contributed by atoms with van der Waals surface area (Å²) in [4.78, 5) is 23.8. The first-order valence-corrected chi connectivity index (χ1v) is 7.06. The molecule has 0 saturated heterocycles. The number of nitrogens with one attached hydrogen (secondary N) is 1. The van der Waals surface area contributed by atoms with E-state index in [1.54, 1.807) is 24.3 Å². The molecule has 3 N–H and O–H groups in total. The Kier molecular flexibility index (Phi) is 3.93. The minimum Gasteiger partial charge on any atom is -0.367 e. The number of carbonyl (C=O) groups is 2. The van der Waals surface area contributed by atoms with Crippen LogP contribution < -0.4 is 11.1 Å². The minimum absolute atomic E-state index is 0.354. The molecule has 1 saturated carbocycles. The van der Waals surface area contributed by atoms with Gasteiger partial charge in [0, 0.05) is 5.02 Å². The molecule has 1 aromatic carbocycles. The van der Waals surface area contributed by atoms with Crippen molar-refractivity contribution >= 4 is 46.6 Å². The van der Waals surface area contributed by atoms with Crippen molar-refractivity contribution in [3.8, 4) is 0 Å². The summed E-state index contributed by atoms with van der Waals surface area (Å²) < 4.78 is -1.06. The van der Waals surface area contributed by atoms with E-state index in [-0.39, 0.29) is 0 Å². The summed E-state index contributed by atoms with van der Waals surface area (Å²) in [7, 11) is 0. The van der Waals surface area contributed by atoms with E-state index in [1.165, 1.54) is 6.92 Å². The van der Waals surface area contributed by atoms with E-state index < -0.39 is 27.6 Å². The molecule has 1 fully saturated rings. The Bertz CT molecular complexity index is 576. The quantitative estimate of drug-likeness (QED) is 0.829. The van der Waals surface area contributed by atoms with Crippen LogP contribution in [0.2, 0.25) is 5.02 Å². The highest BCUT2D eigenvalue weighted by atomic mass is 35.5. The molecule has 2 amide bonds. The molecule has 108 valence electrons. The highest BCUT2D eigenvalue weighted by Crippen LogP contribution is 2.53. The van der Waals surface area contributed by atoms with Crippen molar-refractivity contribution < 1.29 is 9.59 Å². The average Bonchev–Trinajstić information content (AvgIpc) is 2.98. The Morgan fingerprint density at radius 2 is 2.05 bits per heavy atom. The highest BCUT2D eigenvalue weighted by molar-refractivity contribution is 6.52. The predicted molar refractivity (Wildman–Crippen MR) is 78.7 cm³/mol. The summed E-state index contributed by atoms with van der Waals surface area (Å²) >= 11 is 17.6. The van der Waals surface area contributed by atoms with Gasteiger partial charge in [0.2, 0.25) is 11.8 Å². The highest BCUT2D eigenvalue weighted by Gasteiger charge is 2.57. The average molecular weight is 336 g/mol. The fourth-order valence-corrected chi connectivity index (χ4v) is 2.60. The number of nitrogens with two attached hydrogens (primary N) is 1. The van der Waals surface area contributed by atoms with Gasteiger partial charge in [-0.25, -0.2) is 0 Å². The monoisotopic (exact) mass is 334 g/mol. The first kappa shape index (κ1) is 15.4. The Morgan fingerprint density at radius 1 is 1.45 bits per heavy atom. The Balaban J connectivity index is 2.27. The molecule has 0 spiro atoms. The molecule has 4 nitrogen and oxygen atoms in total. The maximum absolute atomic E-state index is 12.1. The van der Waals surface area contributed by atoms with E-state index >= 15 is 0 Å². The van der Waals surface area contributed by atoms with Gasteiger partial charge in [0.15, 0.2) is 0 Å². The molecule has 0 bridgehead atoms. The summed E-state index contributed by atoms with van der Waals surface area (Å²) in [6.45, 7) is 1.52. The zero-order chi connectivity index (χ0) is 15.1. The molecule has 1 aromatic rings. The molecule has 2 atom stereocenters. The van der Waals surface area contributed by atoms with E-state index in [9.17, 15) is 9.59 Å². The topological polar surface area (TPSA) is 72.2 Å². The summed E-state index contributed by atoms with van der Waals surface area (Å²) in [6, 6.07) is 6.58. The zero-order valence-corrected chi connectivity index (χ0v) is 12.9. The van der Waals surface area contributed by atoms with Crippen molar-refractivity contribution in [2.75, 3.05) is 0 Å². The maximum Gasteiger partial charge on any atom is 0.247 e. The van der Waals surface area contributed by atoms with Crippen molar-refractivity contribution in [1.82, 2.24) is 5.32 Å². The van der Waals surface area contributed by atoms with Crippen LogP contribution in [0.15, 0.2) is 24.3 Å². The SMILES string of the molecule is C[C@@](NC(=O)[C@@H]1CC1(Cl)Cl)(C(N)=O)c1cccc(Cl)c1. The second-order valence-corrected chi connectivity index (χ2v) is 6.99. The normalized spacial score (nSPS) is 22.7. The summed E-state index contributed by atoms with van der Waals surface area (Å²) in [6.07, 6.45) is 0.354. The molecular formula is C13H13Cl3N2O2. The molecule has 0 radical (unpaired) electrons. The lowest BCUT2D eigenvalue weighted by Gasteiger charge is -2.28. The van der Waals surface area contributed by atoms with E-state index in [0.29, 0.717) is 17.0 Å². The lowest BCUT2D eigenvalue weighted by atomic mass is 9.91. The Hall–Kier alpha value is -0.970. The van der Waals surface area contributed by atoms with Gasteiger partial charge in [-0.1, -0.05) is 23.7 Å². The standard InChI is InChI=1S/C13H13Cl3N2O2/c1-12(11(17)20,7-3-2-4-8(14)5-7)18-10(19)9-6-13(9,15)16/h2-5,9H,6H2,1H3,(H2,17,20)(H,18,19)/t9-,12-/m0/s1. The van der Waals surface area contributed by atoms with Gasteiger partial charge in [-0.2, -0.15) is 0 Å². The van der Waals surface area contributed by atoms with Gasteiger partial charge >= 0.3 is 0 Å². The van der Waals surface area contributed by atoms with Crippen LogP contribution in [0.25, 0.3) is 0 Å². The molecule has 1 aliphatic rings. The minimum atomic E-state index is -1.37. The Labute approximate surface area is 131 Å². The van der Waals surface area contributed by atoms with Gasteiger partial charge in [0.1, 0.15) is 9.87 Å². The van der Waals surface area contributed by atoms with Crippen LogP contribution in [0.3, 0.4) is 0 Å². The number of hydrogen-bond acceptors (Lipinski definition) is 2. The van der Waals surface area contributed by atoms with Crippen LogP contribution in [0, 0.1) is 5.92 Å². The van der Waals surface area contributed by atoms with Crippen LogP contribution in [-0.4, -0.2) is 16.1 Å². The number of carbonyl (C=O) groups excluding carboxylic acids is 2. The van der Waals surface area contributed by atoms with Crippen molar-refractivity contribution in [3.63, 3.8) is 0 Å². The molecule has 0 heterocycles. The van der Waals surface area contributed by atoms with Crippen molar-refractivity contribution in [2.24, 2.45) is 11.7 Å². The number of halogens is 3. The number of alkyl halides is 2. The molecule has 0 aliphatic heterocycles. The molecule has 0 aromatic heterocycles. The second kappa shape index (κ2) is 5.10. The van der Waals surface area contributed by atoms with Gasteiger partial charge in [0.25, 0.3) is 0 Å². The van der Waals surface area contributed by atoms with Crippen molar-refractivity contribution in [1.29, 1.82) is 0 Å². The third-order valence-corrected chi connectivity index (χ3v) is 4.48. The number of hydrogen-bond donors (Lipinski definition) is 2. The van der Waals surface area contributed by atoms with E-state index in [4.69, 9.17) is 40.5 Å². The van der Waals surface area contributed by atoms with Crippen LogP contribution in [-0.2, 0) is 15.1 Å².